The molecule has 0 saturated carbocycles. The number of aromatic nitrogens is 2. The minimum absolute atomic E-state index is 0.0976. The Morgan fingerprint density at radius 1 is 1.23 bits per heavy atom. The minimum Gasteiger partial charge on any atom is -0.496 e. The molecule has 1 aromatic carbocycles. The number of benzene rings is 1. The van der Waals surface area contributed by atoms with Crippen molar-refractivity contribution in [1.29, 1.82) is 0 Å². The molecular formula is C20H24N6O4. The van der Waals surface area contributed by atoms with Gasteiger partial charge in [-0.2, -0.15) is 0 Å². The molecule has 30 heavy (non-hydrogen) atoms. The topological polar surface area (TPSA) is 131 Å². The normalized spacial score (nSPS) is 13.2. The largest absolute Gasteiger partial charge is 0.496 e. The Labute approximate surface area is 173 Å². The van der Waals surface area contributed by atoms with E-state index in [2.05, 4.69) is 32.2 Å². The molecule has 0 radical (unpaired) electrons. The van der Waals surface area contributed by atoms with Crippen molar-refractivity contribution in [2.75, 3.05) is 24.4 Å². The molecule has 1 amide bonds. The molecule has 1 heterocycles. The van der Waals surface area contributed by atoms with E-state index in [9.17, 15) is 14.9 Å². The highest BCUT2D eigenvalue weighted by atomic mass is 16.6. The highest BCUT2D eigenvalue weighted by Gasteiger charge is 2.23. The number of allylic oxidation sites excluding steroid dienone is 1. The summed E-state index contributed by atoms with van der Waals surface area (Å²) in [5.74, 6) is -0.148. The van der Waals surface area contributed by atoms with Crippen LogP contribution in [0.2, 0.25) is 0 Å². The maximum absolute atomic E-state index is 12.4. The first-order valence-corrected chi connectivity index (χ1v) is 9.70. The van der Waals surface area contributed by atoms with E-state index in [1.165, 1.54) is 31.9 Å². The third-order valence-corrected chi connectivity index (χ3v) is 4.77. The number of hydrogen-bond donors (Lipinski definition) is 3. The average molecular weight is 412 g/mol. The summed E-state index contributed by atoms with van der Waals surface area (Å²) in [7, 11) is 1.45. The van der Waals surface area contributed by atoms with Crippen LogP contribution in [-0.4, -0.2) is 34.5 Å². The number of methoxy groups -OCH3 is 1. The molecular weight excluding hydrogens is 388 g/mol. The first kappa shape index (κ1) is 21.0. The van der Waals surface area contributed by atoms with Crippen LogP contribution in [0.5, 0.6) is 5.75 Å². The Morgan fingerprint density at radius 2 is 2.03 bits per heavy atom. The molecule has 2 aromatic rings. The predicted octanol–water partition coefficient (Wildman–Crippen LogP) is 3.45. The lowest BCUT2D eigenvalue weighted by molar-refractivity contribution is -0.383. The van der Waals surface area contributed by atoms with Crippen molar-refractivity contribution in [3.8, 4) is 5.75 Å². The first-order valence-electron chi connectivity index (χ1n) is 9.70. The van der Waals surface area contributed by atoms with Crippen molar-refractivity contribution in [3.05, 3.63) is 57.9 Å². The van der Waals surface area contributed by atoms with Gasteiger partial charge in [-0.1, -0.05) is 23.8 Å². The van der Waals surface area contributed by atoms with Crippen LogP contribution in [0.4, 0.5) is 17.3 Å². The molecule has 0 saturated heterocycles. The van der Waals surface area contributed by atoms with Crippen molar-refractivity contribution in [2.45, 2.75) is 32.1 Å². The van der Waals surface area contributed by atoms with Gasteiger partial charge in [0.2, 0.25) is 11.6 Å². The van der Waals surface area contributed by atoms with Gasteiger partial charge in [0.15, 0.2) is 0 Å². The van der Waals surface area contributed by atoms with Crippen molar-refractivity contribution >= 4 is 23.2 Å². The number of hydrogen-bond acceptors (Lipinski definition) is 8. The molecule has 1 aliphatic carbocycles. The van der Waals surface area contributed by atoms with E-state index in [4.69, 9.17) is 4.74 Å². The van der Waals surface area contributed by atoms with Gasteiger partial charge in [-0.15, -0.1) is 0 Å². The van der Waals surface area contributed by atoms with Gasteiger partial charge in [0.05, 0.1) is 17.6 Å². The molecule has 10 heteroatoms. The van der Waals surface area contributed by atoms with Gasteiger partial charge in [0.25, 0.3) is 5.91 Å². The van der Waals surface area contributed by atoms with Crippen LogP contribution >= 0.6 is 0 Å². The van der Waals surface area contributed by atoms with E-state index >= 15 is 0 Å². The fourth-order valence-corrected chi connectivity index (χ4v) is 3.26. The lowest BCUT2D eigenvalue weighted by Crippen LogP contribution is -2.30. The van der Waals surface area contributed by atoms with Crippen molar-refractivity contribution in [1.82, 2.24) is 15.4 Å². The van der Waals surface area contributed by atoms with Crippen LogP contribution in [0.25, 0.3) is 0 Å². The summed E-state index contributed by atoms with van der Waals surface area (Å²) in [5, 5.41) is 14.6. The number of nitrogens with zero attached hydrogens (tertiary/aromatic N) is 3. The van der Waals surface area contributed by atoms with Crippen molar-refractivity contribution in [3.63, 3.8) is 0 Å². The molecule has 10 nitrogen and oxygen atoms in total. The van der Waals surface area contributed by atoms with Crippen molar-refractivity contribution < 1.29 is 14.5 Å². The van der Waals surface area contributed by atoms with Gasteiger partial charge in [-0.3, -0.25) is 25.8 Å². The van der Waals surface area contributed by atoms with E-state index < -0.39 is 10.8 Å². The van der Waals surface area contributed by atoms with Crippen LogP contribution < -0.4 is 20.9 Å². The summed E-state index contributed by atoms with van der Waals surface area (Å²) in [4.78, 5) is 31.4. The second kappa shape index (κ2) is 10.2. The Bertz CT molecular complexity index is 947. The zero-order valence-corrected chi connectivity index (χ0v) is 16.7. The number of rotatable bonds is 9. The standard InChI is InChI=1S/C20H24N6O4/c1-30-16-10-6-5-9-15(16)20(27)25-24-19-17(26(28)29)18(22-13-23-19)21-12-11-14-7-3-2-4-8-14/h5-7,9-10,13H,2-4,8,11-12H2,1H3,(H,25,27)(H2,21,22,23,24). The minimum atomic E-state index is -0.584. The average Bonchev–Trinajstić information content (AvgIpc) is 2.78. The second-order valence-corrected chi connectivity index (χ2v) is 6.74. The lowest BCUT2D eigenvalue weighted by Gasteiger charge is -2.14. The number of para-hydroxylation sites is 1. The zero-order chi connectivity index (χ0) is 21.3. The first-order chi connectivity index (χ1) is 14.6. The van der Waals surface area contributed by atoms with Gasteiger partial charge < -0.3 is 10.1 Å². The van der Waals surface area contributed by atoms with Gasteiger partial charge in [-0.25, -0.2) is 9.97 Å². The van der Waals surface area contributed by atoms with Crippen LogP contribution in [0.3, 0.4) is 0 Å². The van der Waals surface area contributed by atoms with Gasteiger partial charge in [0.1, 0.15) is 12.1 Å². The third kappa shape index (κ3) is 5.22. The summed E-state index contributed by atoms with van der Waals surface area (Å²) in [5.41, 5.74) is 6.24. The van der Waals surface area contributed by atoms with Crippen LogP contribution in [0.15, 0.2) is 42.2 Å². The fraction of sp³-hybridized carbons (Fsp3) is 0.350. The van der Waals surface area contributed by atoms with E-state index in [1.807, 2.05) is 0 Å². The SMILES string of the molecule is COc1ccccc1C(=O)NNc1ncnc(NCCC2=CCCCC2)c1[N+](=O)[O-]. The molecule has 0 unspecified atom stereocenters. The van der Waals surface area contributed by atoms with Crippen LogP contribution in [0.1, 0.15) is 42.5 Å². The number of nitro groups is 1. The quantitative estimate of drug-likeness (QED) is 0.324. The summed E-state index contributed by atoms with van der Waals surface area (Å²) in [6, 6.07) is 6.65. The van der Waals surface area contributed by atoms with Crippen molar-refractivity contribution in [2.24, 2.45) is 0 Å². The number of anilines is 2. The van der Waals surface area contributed by atoms with E-state index in [0.717, 1.165) is 19.3 Å². The lowest BCUT2D eigenvalue weighted by atomic mass is 9.97. The summed E-state index contributed by atoms with van der Waals surface area (Å²) < 4.78 is 5.16. The number of hydrazine groups is 1. The maximum atomic E-state index is 12.4. The van der Waals surface area contributed by atoms with Gasteiger partial charge in [-0.05, 0) is 44.2 Å². The van der Waals surface area contributed by atoms with E-state index in [0.29, 0.717) is 12.3 Å². The summed E-state index contributed by atoms with van der Waals surface area (Å²) in [6.07, 6.45) is 8.78. The van der Waals surface area contributed by atoms with E-state index in [-0.39, 0.29) is 22.9 Å². The molecule has 0 fully saturated rings. The Kier molecular flexibility index (Phi) is 7.14. The molecule has 0 spiro atoms. The summed E-state index contributed by atoms with van der Waals surface area (Å²) >= 11 is 0. The Morgan fingerprint density at radius 3 is 2.77 bits per heavy atom. The molecule has 3 rings (SSSR count). The fourth-order valence-electron chi connectivity index (χ4n) is 3.26. The molecule has 1 aromatic heterocycles. The Balaban J connectivity index is 1.68. The monoisotopic (exact) mass is 412 g/mol. The summed E-state index contributed by atoms with van der Waals surface area (Å²) in [6.45, 7) is 0.525. The number of amides is 1. The van der Waals surface area contributed by atoms with Crippen LogP contribution in [0, 0.1) is 10.1 Å². The number of carbonyl (C=O) groups excluding carboxylic acids is 1. The van der Waals surface area contributed by atoms with Gasteiger partial charge >= 0.3 is 5.69 Å². The third-order valence-electron chi connectivity index (χ3n) is 4.77. The van der Waals surface area contributed by atoms with E-state index in [1.54, 1.807) is 24.3 Å². The number of ether oxygens (including phenoxy) is 1. The molecule has 0 aliphatic heterocycles. The van der Waals surface area contributed by atoms with Crippen LogP contribution in [-0.2, 0) is 0 Å². The highest BCUT2D eigenvalue weighted by Crippen LogP contribution is 2.29. The predicted molar refractivity (Wildman–Crippen MR) is 112 cm³/mol. The van der Waals surface area contributed by atoms with Gasteiger partial charge in [0, 0.05) is 6.54 Å². The maximum Gasteiger partial charge on any atom is 0.354 e. The zero-order valence-electron chi connectivity index (χ0n) is 16.7. The highest BCUT2D eigenvalue weighted by molar-refractivity contribution is 5.97. The second-order valence-electron chi connectivity index (χ2n) is 6.74. The molecule has 0 atom stereocenters. The molecule has 158 valence electrons. The molecule has 1 aliphatic rings. The Hall–Kier alpha value is -3.69. The molecule has 3 N–H and O–H groups in total. The smallest absolute Gasteiger partial charge is 0.354 e. The number of nitrogens with one attached hydrogen (secondary N) is 3. The molecule has 0 bridgehead atoms. The number of carbonyl (C=O) groups is 1.